The fourth-order valence-electron chi connectivity index (χ4n) is 1.83. The zero-order valence-corrected chi connectivity index (χ0v) is 11.4. The van der Waals surface area contributed by atoms with Gasteiger partial charge in [-0.25, -0.2) is 0 Å². The maximum atomic E-state index is 12.0. The molecular weight excluding hydrogens is 220 g/mol. The molecular formula is C12H24N2O3. The Labute approximate surface area is 103 Å². The van der Waals surface area contributed by atoms with Crippen LogP contribution in [0.25, 0.3) is 0 Å². The number of esters is 1. The van der Waals surface area contributed by atoms with Gasteiger partial charge in [-0.3, -0.25) is 9.59 Å². The van der Waals surface area contributed by atoms with Crippen LogP contribution in [-0.2, 0) is 14.3 Å². The van der Waals surface area contributed by atoms with E-state index in [0.717, 1.165) is 6.42 Å². The molecule has 1 amide bonds. The highest BCUT2D eigenvalue weighted by molar-refractivity contribution is 5.86. The van der Waals surface area contributed by atoms with Crippen molar-refractivity contribution in [2.75, 3.05) is 20.7 Å². The molecule has 17 heavy (non-hydrogen) atoms. The highest BCUT2D eigenvalue weighted by Gasteiger charge is 2.31. The first-order chi connectivity index (χ1) is 7.76. The van der Waals surface area contributed by atoms with Gasteiger partial charge < -0.3 is 15.4 Å². The quantitative estimate of drug-likeness (QED) is 0.700. The van der Waals surface area contributed by atoms with Gasteiger partial charge in [0, 0.05) is 13.6 Å². The van der Waals surface area contributed by atoms with Crippen LogP contribution in [0.4, 0.5) is 0 Å². The Kier molecular flexibility index (Phi) is 6.16. The Bertz CT molecular complexity index is 277. The minimum Gasteiger partial charge on any atom is -0.469 e. The van der Waals surface area contributed by atoms with Gasteiger partial charge in [0.05, 0.1) is 18.6 Å². The summed E-state index contributed by atoms with van der Waals surface area (Å²) in [6.45, 7) is 5.75. The van der Waals surface area contributed by atoms with E-state index in [-0.39, 0.29) is 17.8 Å². The van der Waals surface area contributed by atoms with Crippen molar-refractivity contribution >= 4 is 11.9 Å². The molecule has 0 aromatic rings. The zero-order valence-electron chi connectivity index (χ0n) is 11.4. The van der Waals surface area contributed by atoms with Crippen molar-refractivity contribution in [3.8, 4) is 0 Å². The third-order valence-corrected chi connectivity index (χ3v) is 2.76. The Morgan fingerprint density at radius 3 is 2.41 bits per heavy atom. The van der Waals surface area contributed by atoms with E-state index in [9.17, 15) is 9.59 Å². The Balaban J connectivity index is 4.46. The van der Waals surface area contributed by atoms with Crippen LogP contribution in [0.15, 0.2) is 0 Å². The number of amides is 1. The van der Waals surface area contributed by atoms with Gasteiger partial charge in [0.1, 0.15) is 0 Å². The van der Waals surface area contributed by atoms with Crippen LogP contribution in [-0.4, -0.2) is 43.0 Å². The maximum absolute atomic E-state index is 12.0. The van der Waals surface area contributed by atoms with Crippen LogP contribution < -0.4 is 5.73 Å². The lowest BCUT2D eigenvalue weighted by atomic mass is 9.95. The van der Waals surface area contributed by atoms with E-state index >= 15 is 0 Å². The Morgan fingerprint density at radius 2 is 2.00 bits per heavy atom. The summed E-state index contributed by atoms with van der Waals surface area (Å²) in [5.41, 5.74) is 5.09. The average molecular weight is 244 g/mol. The molecule has 0 bridgehead atoms. The second-order valence-corrected chi connectivity index (χ2v) is 4.78. The van der Waals surface area contributed by atoms with Crippen molar-refractivity contribution < 1.29 is 14.3 Å². The van der Waals surface area contributed by atoms with Gasteiger partial charge in [-0.05, 0) is 13.3 Å². The van der Waals surface area contributed by atoms with Crippen LogP contribution >= 0.6 is 0 Å². The second kappa shape index (κ2) is 6.59. The number of hydrogen-bond acceptors (Lipinski definition) is 4. The normalized spacial score (nSPS) is 15.9. The predicted octanol–water partition coefficient (Wildman–Crippen LogP) is 0.771. The minimum absolute atomic E-state index is 0.143. The molecule has 0 fully saturated rings. The highest BCUT2D eigenvalue weighted by atomic mass is 16.5. The van der Waals surface area contributed by atoms with Gasteiger partial charge >= 0.3 is 5.97 Å². The van der Waals surface area contributed by atoms with Gasteiger partial charge in [0.15, 0.2) is 0 Å². The van der Waals surface area contributed by atoms with Crippen molar-refractivity contribution in [3.05, 3.63) is 0 Å². The Hall–Kier alpha value is -1.10. The van der Waals surface area contributed by atoms with Gasteiger partial charge in [0.25, 0.3) is 0 Å². The van der Waals surface area contributed by atoms with E-state index in [4.69, 9.17) is 5.73 Å². The third kappa shape index (κ3) is 4.73. The fraction of sp³-hybridized carbons (Fsp3) is 0.833. The molecule has 0 aromatic heterocycles. The summed E-state index contributed by atoms with van der Waals surface area (Å²) in [6.07, 6.45) is 1.47. The lowest BCUT2D eigenvalue weighted by Crippen LogP contribution is -2.53. The van der Waals surface area contributed by atoms with Crippen LogP contribution in [0.1, 0.15) is 33.6 Å². The molecule has 2 atom stereocenters. The molecule has 100 valence electrons. The van der Waals surface area contributed by atoms with E-state index in [1.54, 1.807) is 20.9 Å². The van der Waals surface area contributed by atoms with Crippen molar-refractivity contribution in [1.82, 2.24) is 4.90 Å². The standard InChI is InChI=1S/C12H24N2O3/c1-6-7-12(3,13)11(16)14(4)8-9(2)10(15)17-5/h9H,6-8,13H2,1-5H3. The van der Waals surface area contributed by atoms with Gasteiger partial charge in [-0.1, -0.05) is 20.3 Å². The minimum atomic E-state index is -0.862. The highest BCUT2D eigenvalue weighted by Crippen LogP contribution is 2.13. The molecule has 0 heterocycles. The molecule has 0 aliphatic heterocycles. The number of hydrogen-bond donors (Lipinski definition) is 1. The number of methoxy groups -OCH3 is 1. The summed E-state index contributed by atoms with van der Waals surface area (Å²) in [4.78, 5) is 24.8. The molecule has 2 N–H and O–H groups in total. The topological polar surface area (TPSA) is 72.6 Å². The molecule has 0 aliphatic rings. The molecule has 0 aromatic carbocycles. The molecule has 0 spiro atoms. The van der Waals surface area contributed by atoms with Gasteiger partial charge in [-0.15, -0.1) is 0 Å². The van der Waals surface area contributed by atoms with Gasteiger partial charge in [-0.2, -0.15) is 0 Å². The summed E-state index contributed by atoms with van der Waals surface area (Å²) in [7, 11) is 2.99. The third-order valence-electron chi connectivity index (χ3n) is 2.76. The number of nitrogens with zero attached hydrogens (tertiary/aromatic N) is 1. The SMILES string of the molecule is CCCC(C)(N)C(=O)N(C)CC(C)C(=O)OC. The van der Waals surface area contributed by atoms with Crippen LogP contribution in [0, 0.1) is 5.92 Å². The lowest BCUT2D eigenvalue weighted by molar-refractivity contribution is -0.146. The monoisotopic (exact) mass is 244 g/mol. The number of likely N-dealkylation sites (N-methyl/N-ethyl adjacent to an activating group) is 1. The van der Waals surface area contributed by atoms with E-state index in [1.165, 1.54) is 12.0 Å². The first kappa shape index (κ1) is 15.9. The van der Waals surface area contributed by atoms with Crippen LogP contribution in [0.2, 0.25) is 0 Å². The summed E-state index contributed by atoms with van der Waals surface area (Å²) in [5, 5.41) is 0. The lowest BCUT2D eigenvalue weighted by Gasteiger charge is -2.30. The summed E-state index contributed by atoms with van der Waals surface area (Å²) < 4.78 is 4.62. The van der Waals surface area contributed by atoms with E-state index in [1.807, 2.05) is 6.92 Å². The largest absolute Gasteiger partial charge is 0.469 e. The fourth-order valence-corrected chi connectivity index (χ4v) is 1.83. The molecule has 0 rings (SSSR count). The first-order valence-electron chi connectivity index (χ1n) is 5.88. The molecule has 5 nitrogen and oxygen atoms in total. The van der Waals surface area contributed by atoms with Crippen molar-refractivity contribution in [3.63, 3.8) is 0 Å². The maximum Gasteiger partial charge on any atom is 0.310 e. The predicted molar refractivity (Wildman–Crippen MR) is 66.3 cm³/mol. The number of ether oxygens (including phenoxy) is 1. The summed E-state index contributed by atoms with van der Waals surface area (Å²) in [5.74, 6) is -0.805. The molecule has 0 radical (unpaired) electrons. The van der Waals surface area contributed by atoms with Crippen LogP contribution in [0.3, 0.4) is 0 Å². The number of carbonyl (C=O) groups excluding carboxylic acids is 2. The van der Waals surface area contributed by atoms with Gasteiger partial charge in [0.2, 0.25) is 5.91 Å². The first-order valence-corrected chi connectivity index (χ1v) is 5.88. The van der Waals surface area contributed by atoms with Crippen molar-refractivity contribution in [2.24, 2.45) is 11.7 Å². The van der Waals surface area contributed by atoms with E-state index < -0.39 is 5.54 Å². The summed E-state index contributed by atoms with van der Waals surface area (Å²) >= 11 is 0. The number of nitrogens with two attached hydrogens (primary N) is 1. The van der Waals surface area contributed by atoms with Crippen molar-refractivity contribution in [1.29, 1.82) is 0 Å². The zero-order chi connectivity index (χ0) is 13.6. The Morgan fingerprint density at radius 1 is 1.47 bits per heavy atom. The molecule has 0 saturated carbocycles. The smallest absolute Gasteiger partial charge is 0.310 e. The number of rotatable bonds is 6. The second-order valence-electron chi connectivity index (χ2n) is 4.78. The average Bonchev–Trinajstić information content (AvgIpc) is 2.26. The molecule has 5 heteroatoms. The molecule has 0 aliphatic carbocycles. The summed E-state index contributed by atoms with van der Waals surface area (Å²) in [6, 6.07) is 0. The van der Waals surface area contributed by atoms with Crippen LogP contribution in [0.5, 0.6) is 0 Å². The number of carbonyl (C=O) groups is 2. The molecule has 2 unspecified atom stereocenters. The van der Waals surface area contributed by atoms with Crippen molar-refractivity contribution in [2.45, 2.75) is 39.2 Å². The molecule has 0 saturated heterocycles. The van der Waals surface area contributed by atoms with E-state index in [2.05, 4.69) is 4.74 Å². The van der Waals surface area contributed by atoms with E-state index in [0.29, 0.717) is 13.0 Å².